The Morgan fingerprint density at radius 2 is 1.87 bits per heavy atom. The molecule has 4 rings (SSSR count). The van der Waals surface area contributed by atoms with Crippen molar-refractivity contribution in [2.24, 2.45) is 5.73 Å². The van der Waals surface area contributed by atoms with E-state index in [0.717, 1.165) is 20.8 Å². The number of nitrogens with zero attached hydrogens (tertiary/aromatic N) is 2. The minimum absolute atomic E-state index is 0.0675. The van der Waals surface area contributed by atoms with E-state index in [4.69, 9.17) is 38.4 Å². The number of carbonyl (C=O) groups excluding carboxylic acids is 2. The summed E-state index contributed by atoms with van der Waals surface area (Å²) in [5, 5.41) is 4.12. The van der Waals surface area contributed by atoms with Gasteiger partial charge in [0.05, 0.1) is 27.5 Å². The highest BCUT2D eigenvalue weighted by atomic mass is 35.5. The van der Waals surface area contributed by atoms with Crippen LogP contribution in [-0.2, 0) is 17.8 Å². The molecule has 1 atom stereocenters. The van der Waals surface area contributed by atoms with Crippen LogP contribution >= 0.6 is 34.5 Å². The number of nitrogens with two attached hydrogens (primary N) is 1. The molecule has 0 spiro atoms. The third-order valence-electron chi connectivity index (χ3n) is 5.93. The zero-order valence-electron chi connectivity index (χ0n) is 21.0. The number of aryl methyl sites for hydroxylation is 1. The molecule has 8 nitrogen and oxygen atoms in total. The number of primary amides is 1. The number of halogens is 2. The number of hydrogen-bond donors (Lipinski definition) is 2. The number of ether oxygens (including phenoxy) is 2. The van der Waals surface area contributed by atoms with Crippen molar-refractivity contribution < 1.29 is 19.1 Å². The Morgan fingerprint density at radius 3 is 2.55 bits per heavy atom. The normalized spacial score (nSPS) is 11.7. The number of nitrogens with one attached hydrogen (secondary N) is 1. The molecule has 1 aromatic heterocycles. The van der Waals surface area contributed by atoms with Crippen LogP contribution in [0.5, 0.6) is 11.5 Å². The Kier molecular flexibility index (Phi) is 8.61. The number of anilines is 1. The van der Waals surface area contributed by atoms with Crippen molar-refractivity contribution in [2.75, 3.05) is 19.1 Å². The van der Waals surface area contributed by atoms with Gasteiger partial charge >= 0.3 is 6.03 Å². The van der Waals surface area contributed by atoms with Crippen molar-refractivity contribution in [3.05, 3.63) is 80.8 Å². The first-order valence-corrected chi connectivity index (χ1v) is 13.2. The number of rotatable bonds is 9. The van der Waals surface area contributed by atoms with Crippen molar-refractivity contribution in [1.29, 1.82) is 0 Å². The van der Waals surface area contributed by atoms with Crippen LogP contribution in [0.3, 0.4) is 0 Å². The molecule has 38 heavy (non-hydrogen) atoms. The van der Waals surface area contributed by atoms with Gasteiger partial charge in [-0.1, -0.05) is 41.4 Å². The smallest absolute Gasteiger partial charge is 0.312 e. The van der Waals surface area contributed by atoms with Crippen molar-refractivity contribution in [2.45, 2.75) is 26.0 Å². The maximum atomic E-state index is 13.5. The Bertz CT molecular complexity index is 1480. The number of hydrogen-bond acceptors (Lipinski definition) is 6. The maximum Gasteiger partial charge on any atom is 0.312 e. The molecule has 11 heteroatoms. The Labute approximate surface area is 234 Å². The van der Waals surface area contributed by atoms with E-state index in [1.807, 2.05) is 37.3 Å². The molecule has 0 radical (unpaired) electrons. The Balaban J connectivity index is 1.57. The molecule has 0 saturated carbocycles. The lowest BCUT2D eigenvalue weighted by Crippen LogP contribution is -2.50. The van der Waals surface area contributed by atoms with Gasteiger partial charge in [0.25, 0.3) is 0 Å². The fraction of sp³-hybridized carbons (Fsp3) is 0.222. The number of urea groups is 1. The number of likely N-dealkylation sites (N-methyl/N-ethyl adjacent to an activating group) is 1. The molecule has 3 amide bonds. The quantitative estimate of drug-likeness (QED) is 0.266. The summed E-state index contributed by atoms with van der Waals surface area (Å²) in [5.74, 6) is 0.887. The van der Waals surface area contributed by atoms with Gasteiger partial charge in [-0.3, -0.25) is 4.79 Å². The highest BCUT2D eigenvalue weighted by Gasteiger charge is 2.27. The van der Waals surface area contributed by atoms with E-state index >= 15 is 0 Å². The highest BCUT2D eigenvalue weighted by Crippen LogP contribution is 2.36. The maximum absolute atomic E-state index is 13.5. The number of carbonyl (C=O) groups is 2. The van der Waals surface area contributed by atoms with Crippen molar-refractivity contribution in [3.8, 4) is 11.5 Å². The van der Waals surface area contributed by atoms with E-state index in [0.29, 0.717) is 27.8 Å². The largest absolute Gasteiger partial charge is 0.497 e. The van der Waals surface area contributed by atoms with Gasteiger partial charge in [0, 0.05) is 24.1 Å². The number of benzene rings is 3. The second kappa shape index (κ2) is 11.9. The molecule has 198 valence electrons. The molecule has 0 aliphatic carbocycles. The molecular weight excluding hydrogens is 547 g/mol. The second-order valence-electron chi connectivity index (χ2n) is 8.49. The first-order valence-electron chi connectivity index (χ1n) is 11.6. The van der Waals surface area contributed by atoms with Crippen LogP contribution in [0.25, 0.3) is 10.2 Å². The van der Waals surface area contributed by atoms with E-state index in [-0.39, 0.29) is 18.1 Å². The molecule has 0 bridgehead atoms. The molecule has 3 N–H and O–H groups in total. The summed E-state index contributed by atoms with van der Waals surface area (Å²) in [4.78, 5) is 31.1. The summed E-state index contributed by atoms with van der Waals surface area (Å²) in [6.07, 6.45) is 0.217. The molecule has 1 heterocycles. The van der Waals surface area contributed by atoms with Crippen LogP contribution in [0.15, 0.2) is 54.6 Å². The molecule has 0 aliphatic rings. The SMILES string of the molecule is COc1ccc(CC(NC(N)=O)C(=O)N(C)c2ccc(Cl)c(COc3cccc4sc(C)nc34)c2Cl)cc1. The average Bonchev–Trinajstić information content (AvgIpc) is 3.28. The van der Waals surface area contributed by atoms with Crippen LogP contribution in [0.4, 0.5) is 10.5 Å². The summed E-state index contributed by atoms with van der Waals surface area (Å²) >= 11 is 14.8. The van der Waals surface area contributed by atoms with Gasteiger partial charge in [0.2, 0.25) is 5.91 Å². The molecular formula is C27H26Cl2N4O4S. The number of methoxy groups -OCH3 is 1. The van der Waals surface area contributed by atoms with Crippen LogP contribution < -0.4 is 25.4 Å². The summed E-state index contributed by atoms with van der Waals surface area (Å²) in [6, 6.07) is 14.5. The molecule has 0 saturated heterocycles. The molecule has 3 aromatic carbocycles. The first-order chi connectivity index (χ1) is 18.2. The van der Waals surface area contributed by atoms with Gasteiger partial charge in [-0.2, -0.15) is 0 Å². The van der Waals surface area contributed by atoms with Crippen molar-refractivity contribution >= 4 is 62.4 Å². The summed E-state index contributed by atoms with van der Waals surface area (Å²) in [7, 11) is 3.14. The second-order valence-corrected chi connectivity index (χ2v) is 10.5. The van der Waals surface area contributed by atoms with Gasteiger partial charge in [-0.25, -0.2) is 9.78 Å². The van der Waals surface area contributed by atoms with Crippen LogP contribution in [0, 0.1) is 6.92 Å². The lowest BCUT2D eigenvalue weighted by molar-refractivity contribution is -0.120. The zero-order valence-corrected chi connectivity index (χ0v) is 23.3. The predicted octanol–water partition coefficient (Wildman–Crippen LogP) is 5.74. The third kappa shape index (κ3) is 6.12. The van der Waals surface area contributed by atoms with E-state index in [2.05, 4.69) is 10.3 Å². The number of thiazole rings is 1. The summed E-state index contributed by atoms with van der Waals surface area (Å²) in [5.41, 5.74) is 7.88. The van der Waals surface area contributed by atoms with Gasteiger partial charge in [-0.05, 0) is 48.9 Å². The van der Waals surface area contributed by atoms with Crippen LogP contribution in [-0.4, -0.2) is 37.1 Å². The predicted molar refractivity (Wildman–Crippen MR) is 152 cm³/mol. The van der Waals surface area contributed by atoms with Gasteiger partial charge in [0.1, 0.15) is 29.7 Å². The van der Waals surface area contributed by atoms with E-state index in [1.54, 1.807) is 49.8 Å². The summed E-state index contributed by atoms with van der Waals surface area (Å²) < 4.78 is 12.3. The van der Waals surface area contributed by atoms with Gasteiger partial charge < -0.3 is 25.4 Å². The highest BCUT2D eigenvalue weighted by molar-refractivity contribution is 7.18. The number of para-hydroxylation sites is 1. The van der Waals surface area contributed by atoms with Crippen LogP contribution in [0.1, 0.15) is 16.1 Å². The molecule has 0 fully saturated rings. The topological polar surface area (TPSA) is 107 Å². The lowest BCUT2D eigenvalue weighted by Gasteiger charge is -2.26. The monoisotopic (exact) mass is 572 g/mol. The third-order valence-corrected chi connectivity index (χ3v) is 7.64. The van der Waals surface area contributed by atoms with E-state index in [9.17, 15) is 9.59 Å². The van der Waals surface area contributed by atoms with Crippen LogP contribution in [0.2, 0.25) is 10.0 Å². The van der Waals surface area contributed by atoms with Crippen molar-refractivity contribution in [1.82, 2.24) is 10.3 Å². The molecule has 1 unspecified atom stereocenters. The first kappa shape index (κ1) is 27.5. The van der Waals surface area contributed by atoms with E-state index in [1.165, 1.54) is 4.90 Å². The Morgan fingerprint density at radius 1 is 1.13 bits per heavy atom. The molecule has 4 aromatic rings. The molecule has 0 aliphatic heterocycles. The number of fused-ring (bicyclic) bond motifs is 1. The fourth-order valence-electron chi connectivity index (χ4n) is 4.00. The van der Waals surface area contributed by atoms with Gasteiger partial charge in [0.15, 0.2) is 0 Å². The standard InChI is InChI=1S/C27H26Cl2N4O4S/c1-15-31-25-22(5-4-6-23(25)38-15)37-14-18-19(28)11-12-21(24(18)29)33(2)26(34)20(32-27(30)35)13-16-7-9-17(36-3)10-8-16/h4-12,20H,13-14H2,1-3H3,(H3,30,32,35). The lowest BCUT2D eigenvalue weighted by atomic mass is 10.0. The van der Waals surface area contributed by atoms with Crippen molar-refractivity contribution in [3.63, 3.8) is 0 Å². The Hall–Kier alpha value is -3.53. The summed E-state index contributed by atoms with van der Waals surface area (Å²) in [6.45, 7) is 2.01. The minimum atomic E-state index is -0.928. The van der Waals surface area contributed by atoms with E-state index < -0.39 is 18.0 Å². The zero-order chi connectivity index (χ0) is 27.4. The number of amides is 3. The van der Waals surface area contributed by atoms with Gasteiger partial charge in [-0.15, -0.1) is 11.3 Å². The average molecular weight is 574 g/mol. The number of aromatic nitrogens is 1. The fourth-order valence-corrected chi connectivity index (χ4v) is 5.45. The minimum Gasteiger partial charge on any atom is -0.497 e.